The normalized spacial score (nSPS) is 13.4. The molecule has 0 N–H and O–H groups in total. The average molecular weight is 954 g/mol. The summed E-state index contributed by atoms with van der Waals surface area (Å²) in [6.07, 6.45) is 4.78. The van der Waals surface area contributed by atoms with E-state index >= 15 is 0 Å². The van der Waals surface area contributed by atoms with Crippen molar-refractivity contribution in [3.05, 3.63) is 203 Å². The molecular weight excluding hydrogens is 899 g/mol. The first kappa shape index (κ1) is 48.0. The van der Waals surface area contributed by atoms with Crippen LogP contribution in [0.1, 0.15) is 95.0 Å². The van der Waals surface area contributed by atoms with Crippen LogP contribution in [0.25, 0.3) is 60.3 Å². The Labute approximate surface area is 409 Å². The minimum absolute atomic E-state index is 0. The topological polar surface area (TPSA) is 0 Å². The van der Waals surface area contributed by atoms with E-state index in [1.807, 2.05) is 0 Å². The van der Waals surface area contributed by atoms with Gasteiger partial charge in [-0.05, 0) is 67.1 Å². The molecule has 313 valence electrons. The molecule has 4 heteroatoms. The fourth-order valence-electron chi connectivity index (χ4n) is 9.57. The number of benzene rings is 8. The molecule has 3 radical (unpaired) electrons. The van der Waals surface area contributed by atoms with E-state index in [0.29, 0.717) is 0 Å². The van der Waals surface area contributed by atoms with Gasteiger partial charge in [-0.2, -0.15) is 0 Å². The summed E-state index contributed by atoms with van der Waals surface area (Å²) in [6, 6.07) is 62.9. The molecule has 1 atom stereocenters. The van der Waals surface area contributed by atoms with Crippen molar-refractivity contribution in [2.75, 3.05) is 0 Å². The van der Waals surface area contributed by atoms with Gasteiger partial charge in [-0.15, -0.1) is 33.7 Å². The second-order valence-electron chi connectivity index (χ2n) is 18.7. The van der Waals surface area contributed by atoms with Crippen molar-refractivity contribution in [1.82, 2.24) is 0 Å². The molecular formula is C59H55Cl2SiZr. The Morgan fingerprint density at radius 2 is 1.14 bits per heavy atom. The summed E-state index contributed by atoms with van der Waals surface area (Å²) in [7, 11) is 0.777. The van der Waals surface area contributed by atoms with Crippen LogP contribution in [0.2, 0.25) is 0 Å². The van der Waals surface area contributed by atoms with E-state index in [9.17, 15) is 0 Å². The molecule has 0 saturated carbocycles. The molecule has 63 heavy (non-hydrogen) atoms. The zero-order valence-corrected chi connectivity index (χ0v) is 42.5. The molecule has 0 aromatic heterocycles. The summed E-state index contributed by atoms with van der Waals surface area (Å²) in [4.78, 5) is 0. The molecule has 9 aromatic carbocycles. The monoisotopic (exact) mass is 951 g/mol. The first-order valence-electron chi connectivity index (χ1n) is 21.8. The van der Waals surface area contributed by atoms with E-state index in [1.165, 1.54) is 92.4 Å². The fourth-order valence-corrected chi connectivity index (χ4v) is 10.6. The third-order valence-corrected chi connectivity index (χ3v) is 13.7. The minimum Gasteiger partial charge on any atom is -1.00 e. The van der Waals surface area contributed by atoms with Crippen LogP contribution >= 0.6 is 0 Å². The molecule has 1 aliphatic rings. The molecule has 1 aliphatic carbocycles. The molecule has 0 aliphatic heterocycles. The van der Waals surface area contributed by atoms with Crippen LogP contribution in [-0.4, -0.2) is 9.52 Å². The van der Waals surface area contributed by atoms with Crippen molar-refractivity contribution in [3.8, 4) is 11.1 Å². The molecule has 9 aromatic rings. The Balaban J connectivity index is 0.000000355. The summed E-state index contributed by atoms with van der Waals surface area (Å²) >= 11 is 0. The van der Waals surface area contributed by atoms with Gasteiger partial charge in [0.05, 0.1) is 0 Å². The van der Waals surface area contributed by atoms with Gasteiger partial charge < -0.3 is 24.8 Å². The molecule has 1 unspecified atom stereocenters. The minimum atomic E-state index is 0. The van der Waals surface area contributed by atoms with Gasteiger partial charge in [0.1, 0.15) is 9.52 Å². The van der Waals surface area contributed by atoms with Gasteiger partial charge in [-0.25, -0.2) is 0 Å². The third kappa shape index (κ3) is 9.53. The molecule has 0 fully saturated rings. The van der Waals surface area contributed by atoms with Gasteiger partial charge in [0.2, 0.25) is 0 Å². The zero-order valence-electron chi connectivity index (χ0n) is 37.5. The maximum atomic E-state index is 2.56. The zero-order chi connectivity index (χ0) is 41.6. The van der Waals surface area contributed by atoms with Gasteiger partial charge in [-0.1, -0.05) is 245 Å². The molecule has 0 bridgehead atoms. The van der Waals surface area contributed by atoms with Gasteiger partial charge >= 0.3 is 26.2 Å². The standard InChI is InChI=1S/C47H45.C12H10Si.2ClH.Zr/c1-8-14-30-27-41-37(40-26-29-15-9-10-16-33(29)35-17-11-12-18-36(35)40)19-13-20-39(41)44(30)45-42-28-31-25-32(46(2,3)4)21-22-34(31)38(42)23-24-43(45)47(5,6)7;1-3-7-11(8-4-1)13-12-9-5-2-6-10-12;;;/h9-13,15-28,44H,8,14H2,1-7H3;1-10H;2*1H;/q-1;;;;+3/p-2. The first-order chi connectivity index (χ1) is 29.0. The maximum absolute atomic E-state index is 2.56. The van der Waals surface area contributed by atoms with E-state index in [0.717, 1.165) is 22.4 Å². The number of allylic oxidation sites excluding steroid dienone is 1. The second kappa shape index (κ2) is 19.8. The van der Waals surface area contributed by atoms with Crippen molar-refractivity contribution in [2.45, 2.75) is 78.1 Å². The Bertz CT molecular complexity index is 3000. The van der Waals surface area contributed by atoms with E-state index in [4.69, 9.17) is 0 Å². The quantitative estimate of drug-likeness (QED) is 0.0888. The van der Waals surface area contributed by atoms with Crippen LogP contribution in [0.4, 0.5) is 0 Å². The van der Waals surface area contributed by atoms with Crippen LogP contribution in [0.5, 0.6) is 0 Å². The fraction of sp³-hybridized carbons (Fsp3) is 0.203. The van der Waals surface area contributed by atoms with E-state index in [2.05, 4.69) is 224 Å². The Morgan fingerprint density at radius 3 is 1.78 bits per heavy atom. The van der Waals surface area contributed by atoms with Gasteiger partial charge in [0.15, 0.2) is 0 Å². The smallest absolute Gasteiger partial charge is 1.00 e. The van der Waals surface area contributed by atoms with Crippen LogP contribution < -0.4 is 35.2 Å². The van der Waals surface area contributed by atoms with Crippen molar-refractivity contribution in [3.63, 3.8) is 0 Å². The molecule has 0 amide bonds. The van der Waals surface area contributed by atoms with Crippen molar-refractivity contribution in [1.29, 1.82) is 0 Å². The molecule has 0 heterocycles. The Hall–Kier alpha value is -4.43. The number of hydrogen-bond acceptors (Lipinski definition) is 0. The summed E-state index contributed by atoms with van der Waals surface area (Å²) in [5.74, 6) is 0.230. The largest absolute Gasteiger partial charge is 3.00 e. The predicted octanol–water partition coefficient (Wildman–Crippen LogP) is 8.96. The molecule has 10 rings (SSSR count). The van der Waals surface area contributed by atoms with Crippen LogP contribution in [0.3, 0.4) is 0 Å². The first-order valence-corrected chi connectivity index (χ1v) is 22.8. The van der Waals surface area contributed by atoms with Crippen LogP contribution in [0, 0.1) is 0 Å². The predicted molar refractivity (Wildman–Crippen MR) is 264 cm³/mol. The number of fused-ring (bicyclic) bond motifs is 7. The Kier molecular flexibility index (Phi) is 15.1. The maximum Gasteiger partial charge on any atom is 3.00 e. The number of halogens is 2. The molecule has 0 nitrogen and oxygen atoms in total. The number of hydrogen-bond donors (Lipinski definition) is 0. The molecule has 0 spiro atoms. The van der Waals surface area contributed by atoms with Crippen molar-refractivity contribution >= 4 is 69.1 Å². The summed E-state index contributed by atoms with van der Waals surface area (Å²) in [6.45, 7) is 16.4. The van der Waals surface area contributed by atoms with Crippen molar-refractivity contribution in [2.24, 2.45) is 0 Å². The van der Waals surface area contributed by atoms with Crippen molar-refractivity contribution < 1.29 is 51.0 Å². The van der Waals surface area contributed by atoms with E-state index in [-0.39, 0.29) is 67.8 Å². The summed E-state index contributed by atoms with van der Waals surface area (Å²) in [5, 5.41) is 13.6. The van der Waals surface area contributed by atoms with Gasteiger partial charge in [0, 0.05) is 5.92 Å². The van der Waals surface area contributed by atoms with Crippen LogP contribution in [-0.2, 0) is 37.0 Å². The van der Waals surface area contributed by atoms with E-state index < -0.39 is 0 Å². The Morgan fingerprint density at radius 1 is 0.540 bits per heavy atom. The number of rotatable bonds is 6. The summed E-state index contributed by atoms with van der Waals surface area (Å²) in [5.41, 5.74) is 11.5. The second-order valence-corrected chi connectivity index (χ2v) is 20.1. The van der Waals surface area contributed by atoms with Gasteiger partial charge in [-0.3, -0.25) is 0 Å². The molecule has 0 saturated heterocycles. The summed E-state index contributed by atoms with van der Waals surface area (Å²) < 4.78 is 0. The van der Waals surface area contributed by atoms with Crippen LogP contribution in [0.15, 0.2) is 175 Å². The van der Waals surface area contributed by atoms with E-state index in [1.54, 1.807) is 5.57 Å². The van der Waals surface area contributed by atoms with Gasteiger partial charge in [0.25, 0.3) is 0 Å². The third-order valence-electron chi connectivity index (χ3n) is 12.5. The SMILES string of the molecule is CCCC1=Cc2c(-c3cc4ccccc4c4ccccc34)cccc2C1c1c(C(C)(C)C)ccc2c1[cH-]c1cc(C(C)(C)C)ccc12.[Cl-].[Cl-].[Zr+3].c1ccc([Si]c2ccccc2)cc1. The average Bonchev–Trinajstić information content (AvgIpc) is 3.81.